The number of piperazine rings is 1. The Bertz CT molecular complexity index is 993. The van der Waals surface area contributed by atoms with E-state index in [1.165, 1.54) is 0 Å². The van der Waals surface area contributed by atoms with Crippen LogP contribution in [0.4, 0.5) is 0 Å². The second-order valence-electron chi connectivity index (χ2n) is 7.54. The van der Waals surface area contributed by atoms with E-state index in [-0.39, 0.29) is 17.3 Å². The van der Waals surface area contributed by atoms with Crippen molar-refractivity contribution in [3.8, 4) is 23.0 Å². The molecule has 2 aromatic rings. The molecule has 2 aliphatic heterocycles. The number of ether oxygens (including phenoxy) is 3. The first-order valence-electron chi connectivity index (χ1n) is 9.92. The second-order valence-corrected chi connectivity index (χ2v) is 7.54. The standard InChI is InChI=1S/C23H26N2O5/c1-24-9-11-25(12-10-24)14-17-18(26)8-7-16-21(27)20(30-23(16)17)13-15-5-4-6-19(28-2)22(15)29-3/h4-8,13,26H,9-12,14H2,1-3H3. The molecular weight excluding hydrogens is 384 g/mol. The number of rotatable bonds is 5. The van der Waals surface area contributed by atoms with Gasteiger partial charge in [0.1, 0.15) is 11.5 Å². The minimum Gasteiger partial charge on any atom is -0.507 e. The Morgan fingerprint density at radius 3 is 2.57 bits per heavy atom. The first-order valence-corrected chi connectivity index (χ1v) is 9.92. The second kappa shape index (κ2) is 8.38. The number of benzene rings is 2. The Hall–Kier alpha value is -3.03. The van der Waals surface area contributed by atoms with E-state index >= 15 is 0 Å². The van der Waals surface area contributed by atoms with Crippen molar-refractivity contribution in [1.29, 1.82) is 0 Å². The molecule has 2 aromatic carbocycles. The Kier molecular flexibility index (Phi) is 5.65. The number of phenols is 1. The molecule has 1 N–H and O–H groups in total. The molecule has 0 aromatic heterocycles. The van der Waals surface area contributed by atoms with E-state index in [1.807, 2.05) is 12.1 Å². The molecule has 0 amide bonds. The number of hydrogen-bond donors (Lipinski definition) is 1. The van der Waals surface area contributed by atoms with Crippen molar-refractivity contribution in [3.05, 3.63) is 52.8 Å². The number of para-hydroxylation sites is 1. The Balaban J connectivity index is 1.66. The fourth-order valence-electron chi connectivity index (χ4n) is 3.85. The highest BCUT2D eigenvalue weighted by Gasteiger charge is 2.32. The third-order valence-electron chi connectivity index (χ3n) is 5.61. The number of nitrogens with zero attached hydrogens (tertiary/aromatic N) is 2. The van der Waals surface area contributed by atoms with Gasteiger partial charge in [-0.1, -0.05) is 12.1 Å². The van der Waals surface area contributed by atoms with Gasteiger partial charge in [0.15, 0.2) is 17.3 Å². The van der Waals surface area contributed by atoms with Gasteiger partial charge in [-0.25, -0.2) is 0 Å². The lowest BCUT2D eigenvalue weighted by Gasteiger charge is -2.32. The topological polar surface area (TPSA) is 71.5 Å². The summed E-state index contributed by atoms with van der Waals surface area (Å²) in [4.78, 5) is 17.5. The summed E-state index contributed by atoms with van der Waals surface area (Å²) in [5.74, 6) is 1.66. The first-order chi connectivity index (χ1) is 14.5. The van der Waals surface area contributed by atoms with Gasteiger partial charge in [0.05, 0.1) is 25.3 Å². The van der Waals surface area contributed by atoms with Crippen LogP contribution in [0.3, 0.4) is 0 Å². The monoisotopic (exact) mass is 410 g/mol. The largest absolute Gasteiger partial charge is 0.507 e. The van der Waals surface area contributed by atoms with Gasteiger partial charge in [-0.05, 0) is 31.3 Å². The van der Waals surface area contributed by atoms with Gasteiger partial charge in [0.25, 0.3) is 0 Å². The van der Waals surface area contributed by atoms with Crippen molar-refractivity contribution in [2.24, 2.45) is 0 Å². The number of phenolic OH excluding ortho intramolecular Hbond substituents is 1. The molecule has 1 saturated heterocycles. The fraction of sp³-hybridized carbons (Fsp3) is 0.348. The van der Waals surface area contributed by atoms with Crippen LogP contribution >= 0.6 is 0 Å². The van der Waals surface area contributed by atoms with Crippen molar-refractivity contribution in [2.75, 3.05) is 47.4 Å². The molecule has 0 saturated carbocycles. The summed E-state index contributed by atoms with van der Waals surface area (Å²) in [6.07, 6.45) is 1.65. The molecule has 2 heterocycles. The van der Waals surface area contributed by atoms with Gasteiger partial charge in [-0.3, -0.25) is 9.69 Å². The molecule has 4 rings (SSSR count). The predicted octanol–water partition coefficient (Wildman–Crippen LogP) is 2.77. The van der Waals surface area contributed by atoms with Crippen LogP contribution in [0.5, 0.6) is 23.0 Å². The third kappa shape index (κ3) is 3.74. The van der Waals surface area contributed by atoms with E-state index in [1.54, 1.807) is 38.5 Å². The van der Waals surface area contributed by atoms with Crippen molar-refractivity contribution >= 4 is 11.9 Å². The van der Waals surface area contributed by atoms with E-state index in [0.29, 0.717) is 40.5 Å². The van der Waals surface area contributed by atoms with Gasteiger partial charge in [0, 0.05) is 38.3 Å². The summed E-state index contributed by atoms with van der Waals surface area (Å²) in [5, 5.41) is 10.5. The maximum Gasteiger partial charge on any atom is 0.231 e. The van der Waals surface area contributed by atoms with Crippen LogP contribution in [0.15, 0.2) is 36.1 Å². The van der Waals surface area contributed by atoms with Gasteiger partial charge < -0.3 is 24.2 Å². The van der Waals surface area contributed by atoms with E-state index in [4.69, 9.17) is 14.2 Å². The number of Topliss-reactive ketones (excluding diaryl/α,β-unsaturated/α-hetero) is 1. The molecule has 0 bridgehead atoms. The normalized spacial score (nSPS) is 18.4. The van der Waals surface area contributed by atoms with Crippen LogP contribution in [0, 0.1) is 0 Å². The quantitative estimate of drug-likeness (QED) is 0.760. The van der Waals surface area contributed by atoms with Crippen LogP contribution in [-0.4, -0.2) is 68.1 Å². The maximum atomic E-state index is 13.0. The van der Waals surface area contributed by atoms with Crippen molar-refractivity contribution in [3.63, 3.8) is 0 Å². The highest BCUT2D eigenvalue weighted by Crippen LogP contribution is 2.41. The van der Waals surface area contributed by atoms with Crippen LogP contribution in [0.25, 0.3) is 6.08 Å². The van der Waals surface area contributed by atoms with Crippen LogP contribution < -0.4 is 14.2 Å². The van der Waals surface area contributed by atoms with Gasteiger partial charge in [-0.15, -0.1) is 0 Å². The SMILES string of the molecule is COc1cccc(C=C2Oc3c(ccc(O)c3CN3CCN(C)CC3)C2=O)c1OC. The minimum absolute atomic E-state index is 0.140. The highest BCUT2D eigenvalue weighted by molar-refractivity contribution is 6.15. The van der Waals surface area contributed by atoms with Gasteiger partial charge in [-0.2, -0.15) is 0 Å². The molecule has 1 fully saturated rings. The van der Waals surface area contributed by atoms with E-state index < -0.39 is 0 Å². The Morgan fingerprint density at radius 2 is 1.87 bits per heavy atom. The highest BCUT2D eigenvalue weighted by atomic mass is 16.5. The zero-order chi connectivity index (χ0) is 21.3. The van der Waals surface area contributed by atoms with Crippen LogP contribution in [0.1, 0.15) is 21.5 Å². The summed E-state index contributed by atoms with van der Waals surface area (Å²) in [6.45, 7) is 4.27. The smallest absolute Gasteiger partial charge is 0.231 e. The summed E-state index contributed by atoms with van der Waals surface area (Å²) >= 11 is 0. The molecule has 0 radical (unpaired) electrons. The summed E-state index contributed by atoms with van der Waals surface area (Å²) < 4.78 is 16.8. The number of carbonyl (C=O) groups is 1. The maximum absolute atomic E-state index is 13.0. The first kappa shape index (κ1) is 20.3. The molecule has 2 aliphatic rings. The van der Waals surface area contributed by atoms with Gasteiger partial charge in [0.2, 0.25) is 5.78 Å². The fourth-order valence-corrected chi connectivity index (χ4v) is 3.85. The van der Waals surface area contributed by atoms with E-state index in [9.17, 15) is 9.90 Å². The van der Waals surface area contributed by atoms with Crippen LogP contribution in [0.2, 0.25) is 0 Å². The zero-order valence-corrected chi connectivity index (χ0v) is 17.5. The Labute approximate surface area is 176 Å². The molecule has 158 valence electrons. The molecule has 0 spiro atoms. The molecule has 7 heteroatoms. The summed E-state index contributed by atoms with van der Waals surface area (Å²) in [6, 6.07) is 8.63. The number of hydrogen-bond acceptors (Lipinski definition) is 7. The number of carbonyl (C=O) groups excluding carboxylic acids is 1. The Morgan fingerprint density at radius 1 is 1.10 bits per heavy atom. The lowest BCUT2D eigenvalue weighted by Crippen LogP contribution is -2.43. The van der Waals surface area contributed by atoms with Crippen molar-refractivity contribution < 1.29 is 24.1 Å². The molecule has 0 aliphatic carbocycles. The number of ketones is 1. The summed E-state index contributed by atoms with van der Waals surface area (Å²) in [5.41, 5.74) is 1.79. The number of likely N-dealkylation sites (N-methyl/N-ethyl adjacent to an activating group) is 1. The number of methoxy groups -OCH3 is 2. The predicted molar refractivity (Wildman–Crippen MR) is 113 cm³/mol. The number of fused-ring (bicyclic) bond motifs is 1. The summed E-state index contributed by atoms with van der Waals surface area (Å²) in [7, 11) is 5.22. The lowest BCUT2D eigenvalue weighted by molar-refractivity contribution is 0.101. The molecule has 30 heavy (non-hydrogen) atoms. The third-order valence-corrected chi connectivity index (χ3v) is 5.61. The zero-order valence-electron chi connectivity index (χ0n) is 17.5. The average molecular weight is 410 g/mol. The lowest BCUT2D eigenvalue weighted by atomic mass is 10.0. The molecule has 0 unspecified atom stereocenters. The molecule has 0 atom stereocenters. The van der Waals surface area contributed by atoms with Crippen molar-refractivity contribution in [2.45, 2.75) is 6.54 Å². The van der Waals surface area contributed by atoms with E-state index in [0.717, 1.165) is 26.2 Å². The average Bonchev–Trinajstić information content (AvgIpc) is 3.07. The van der Waals surface area contributed by atoms with Crippen LogP contribution in [-0.2, 0) is 6.54 Å². The van der Waals surface area contributed by atoms with Crippen molar-refractivity contribution in [1.82, 2.24) is 9.80 Å². The minimum atomic E-state index is -0.213. The molecule has 7 nitrogen and oxygen atoms in total. The van der Waals surface area contributed by atoms with E-state index in [2.05, 4.69) is 16.8 Å². The number of allylic oxidation sites excluding steroid dienone is 1. The number of aromatic hydroxyl groups is 1. The van der Waals surface area contributed by atoms with Gasteiger partial charge >= 0.3 is 0 Å². The molecular formula is C23H26N2O5.